The van der Waals surface area contributed by atoms with Crippen LogP contribution in [0.15, 0.2) is 12.3 Å². The molecule has 0 aliphatic rings. The molecule has 1 N–H and O–H groups in total. The van der Waals surface area contributed by atoms with Crippen LogP contribution in [0.25, 0.3) is 0 Å². The lowest BCUT2D eigenvalue weighted by atomic mass is 10.3. The molecule has 1 aromatic heterocycles. The van der Waals surface area contributed by atoms with Gasteiger partial charge in [-0.05, 0) is 32.8 Å². The summed E-state index contributed by atoms with van der Waals surface area (Å²) in [6.45, 7) is 5.70. The fraction of sp³-hybridized carbons (Fsp3) is 0.583. The summed E-state index contributed by atoms with van der Waals surface area (Å²) in [4.78, 5) is 4.12. The Bertz CT molecular complexity index is 345. The lowest BCUT2D eigenvalue weighted by Crippen LogP contribution is -2.07. The van der Waals surface area contributed by atoms with E-state index in [1.807, 2.05) is 13.8 Å². The normalized spacial score (nSPS) is 10.9. The molecule has 1 heterocycles. The van der Waals surface area contributed by atoms with Crippen molar-refractivity contribution in [3.63, 3.8) is 0 Å². The third-order valence-electron chi connectivity index (χ3n) is 2.12. The van der Waals surface area contributed by atoms with E-state index in [9.17, 15) is 0 Å². The van der Waals surface area contributed by atoms with Crippen LogP contribution < -0.4 is 5.32 Å². The standard InChI is InChI=1S/C12H18Cl2N2O/c1-9(2)17-6-4-3-5-15-12-11(14)7-10(13)8-16-12/h7-9H,3-6H2,1-2H3,(H,15,16). The quantitative estimate of drug-likeness (QED) is 0.765. The molecule has 0 aliphatic heterocycles. The minimum Gasteiger partial charge on any atom is -0.379 e. The Morgan fingerprint density at radius 3 is 2.76 bits per heavy atom. The van der Waals surface area contributed by atoms with Crippen molar-refractivity contribution in [2.75, 3.05) is 18.5 Å². The molecule has 96 valence electrons. The van der Waals surface area contributed by atoms with Gasteiger partial charge < -0.3 is 10.1 Å². The van der Waals surface area contributed by atoms with E-state index in [1.54, 1.807) is 12.3 Å². The highest BCUT2D eigenvalue weighted by Crippen LogP contribution is 2.22. The molecule has 0 amide bonds. The van der Waals surface area contributed by atoms with Gasteiger partial charge in [0.05, 0.1) is 16.1 Å². The second-order valence-electron chi connectivity index (χ2n) is 4.04. The third kappa shape index (κ3) is 6.10. The highest BCUT2D eigenvalue weighted by Gasteiger charge is 2.01. The summed E-state index contributed by atoms with van der Waals surface area (Å²) in [5.41, 5.74) is 0. The monoisotopic (exact) mass is 276 g/mol. The van der Waals surface area contributed by atoms with Crippen LogP contribution in [-0.2, 0) is 4.74 Å². The molecule has 0 unspecified atom stereocenters. The topological polar surface area (TPSA) is 34.1 Å². The van der Waals surface area contributed by atoms with Crippen molar-refractivity contribution >= 4 is 29.0 Å². The molecule has 3 nitrogen and oxygen atoms in total. The molecule has 0 bridgehead atoms. The SMILES string of the molecule is CC(C)OCCCCNc1ncc(Cl)cc1Cl. The maximum Gasteiger partial charge on any atom is 0.144 e. The Morgan fingerprint density at radius 2 is 2.12 bits per heavy atom. The van der Waals surface area contributed by atoms with E-state index < -0.39 is 0 Å². The molecule has 5 heteroatoms. The molecule has 17 heavy (non-hydrogen) atoms. The molecule has 0 saturated carbocycles. The molecule has 0 atom stereocenters. The van der Waals surface area contributed by atoms with Crippen LogP contribution in [0.4, 0.5) is 5.82 Å². The van der Waals surface area contributed by atoms with Crippen molar-refractivity contribution < 1.29 is 4.74 Å². The Morgan fingerprint density at radius 1 is 1.35 bits per heavy atom. The number of halogens is 2. The molecule has 1 aromatic rings. The summed E-state index contributed by atoms with van der Waals surface area (Å²) < 4.78 is 5.45. The van der Waals surface area contributed by atoms with Gasteiger partial charge in [0.15, 0.2) is 0 Å². The summed E-state index contributed by atoms with van der Waals surface area (Å²) in [7, 11) is 0. The number of nitrogens with zero attached hydrogens (tertiary/aromatic N) is 1. The molecule has 0 spiro atoms. The second kappa shape index (κ2) is 7.75. The molecule has 0 aromatic carbocycles. The highest BCUT2D eigenvalue weighted by molar-refractivity contribution is 6.35. The molecular formula is C12H18Cl2N2O. The number of unbranched alkanes of at least 4 members (excludes halogenated alkanes) is 1. The van der Waals surface area contributed by atoms with Gasteiger partial charge in [0.2, 0.25) is 0 Å². The van der Waals surface area contributed by atoms with Gasteiger partial charge in [-0.15, -0.1) is 0 Å². The number of nitrogens with one attached hydrogen (secondary N) is 1. The smallest absolute Gasteiger partial charge is 0.144 e. The zero-order chi connectivity index (χ0) is 12.7. The van der Waals surface area contributed by atoms with Crippen molar-refractivity contribution in [3.05, 3.63) is 22.3 Å². The first-order valence-corrected chi connectivity index (χ1v) is 6.51. The van der Waals surface area contributed by atoms with Gasteiger partial charge in [0.1, 0.15) is 5.82 Å². The molecule has 1 rings (SSSR count). The zero-order valence-electron chi connectivity index (χ0n) is 10.2. The largest absolute Gasteiger partial charge is 0.379 e. The Hall–Kier alpha value is -0.510. The number of pyridine rings is 1. The van der Waals surface area contributed by atoms with Crippen LogP contribution in [-0.4, -0.2) is 24.2 Å². The van der Waals surface area contributed by atoms with Gasteiger partial charge in [-0.3, -0.25) is 0 Å². The van der Waals surface area contributed by atoms with Gasteiger partial charge in [0.25, 0.3) is 0 Å². The number of anilines is 1. The van der Waals surface area contributed by atoms with Crippen LogP contribution in [0.3, 0.4) is 0 Å². The zero-order valence-corrected chi connectivity index (χ0v) is 11.7. The highest BCUT2D eigenvalue weighted by atomic mass is 35.5. The summed E-state index contributed by atoms with van der Waals surface area (Å²) in [5.74, 6) is 0.681. The van der Waals surface area contributed by atoms with Crippen molar-refractivity contribution in [3.8, 4) is 0 Å². The van der Waals surface area contributed by atoms with E-state index in [-0.39, 0.29) is 0 Å². The van der Waals surface area contributed by atoms with Crippen LogP contribution >= 0.6 is 23.2 Å². The van der Waals surface area contributed by atoms with Crippen molar-refractivity contribution in [2.45, 2.75) is 32.8 Å². The van der Waals surface area contributed by atoms with Gasteiger partial charge >= 0.3 is 0 Å². The fourth-order valence-electron chi connectivity index (χ4n) is 1.30. The van der Waals surface area contributed by atoms with Gasteiger partial charge in [-0.1, -0.05) is 23.2 Å². The average Bonchev–Trinajstić information content (AvgIpc) is 2.25. The maximum atomic E-state index is 5.98. The van der Waals surface area contributed by atoms with Crippen molar-refractivity contribution in [1.82, 2.24) is 4.98 Å². The van der Waals surface area contributed by atoms with Gasteiger partial charge in [-0.2, -0.15) is 0 Å². The summed E-state index contributed by atoms with van der Waals surface area (Å²) in [6.07, 6.45) is 3.93. The van der Waals surface area contributed by atoms with E-state index in [0.717, 1.165) is 26.0 Å². The number of rotatable bonds is 7. The van der Waals surface area contributed by atoms with Crippen molar-refractivity contribution in [1.29, 1.82) is 0 Å². The predicted octanol–water partition coefficient (Wildman–Crippen LogP) is 4.01. The van der Waals surface area contributed by atoms with E-state index in [2.05, 4.69) is 10.3 Å². The first kappa shape index (κ1) is 14.6. The molecular weight excluding hydrogens is 259 g/mol. The van der Waals surface area contributed by atoms with Gasteiger partial charge in [0, 0.05) is 19.3 Å². The molecule has 0 saturated heterocycles. The van der Waals surface area contributed by atoms with Crippen LogP contribution in [0.5, 0.6) is 0 Å². The third-order valence-corrected chi connectivity index (χ3v) is 2.62. The second-order valence-corrected chi connectivity index (χ2v) is 4.88. The Labute approximate surface area is 112 Å². The summed E-state index contributed by atoms with van der Waals surface area (Å²) in [5, 5.41) is 4.27. The number of ether oxygens (including phenoxy) is 1. The maximum absolute atomic E-state index is 5.98. The van der Waals surface area contributed by atoms with Crippen LogP contribution in [0.1, 0.15) is 26.7 Å². The predicted molar refractivity (Wildman–Crippen MR) is 73.1 cm³/mol. The first-order valence-electron chi connectivity index (χ1n) is 5.76. The van der Waals surface area contributed by atoms with E-state index in [0.29, 0.717) is 22.0 Å². The minimum atomic E-state index is 0.301. The number of hydrogen-bond acceptors (Lipinski definition) is 3. The molecule has 0 aliphatic carbocycles. The minimum absolute atomic E-state index is 0.301. The van der Waals surface area contributed by atoms with Crippen LogP contribution in [0, 0.1) is 0 Å². The lowest BCUT2D eigenvalue weighted by Gasteiger charge is -2.09. The Balaban J connectivity index is 2.18. The number of hydrogen-bond donors (Lipinski definition) is 1. The summed E-state index contributed by atoms with van der Waals surface area (Å²) >= 11 is 11.7. The van der Waals surface area contributed by atoms with E-state index >= 15 is 0 Å². The average molecular weight is 277 g/mol. The van der Waals surface area contributed by atoms with Gasteiger partial charge in [-0.25, -0.2) is 4.98 Å². The fourth-order valence-corrected chi connectivity index (χ4v) is 1.74. The van der Waals surface area contributed by atoms with Crippen molar-refractivity contribution in [2.24, 2.45) is 0 Å². The molecule has 0 radical (unpaired) electrons. The van der Waals surface area contributed by atoms with E-state index in [4.69, 9.17) is 27.9 Å². The van der Waals surface area contributed by atoms with E-state index in [1.165, 1.54) is 0 Å². The lowest BCUT2D eigenvalue weighted by molar-refractivity contribution is 0.0765. The first-order chi connectivity index (χ1) is 8.09. The molecule has 0 fully saturated rings. The Kier molecular flexibility index (Phi) is 6.63. The number of aromatic nitrogens is 1. The summed E-state index contributed by atoms with van der Waals surface area (Å²) in [6, 6.07) is 1.68. The van der Waals surface area contributed by atoms with Crippen LogP contribution in [0.2, 0.25) is 10.0 Å².